The van der Waals surface area contributed by atoms with E-state index >= 15 is 0 Å². The molecule has 0 aliphatic rings. The van der Waals surface area contributed by atoms with Crippen LogP contribution in [0.15, 0.2) is 191 Å². The van der Waals surface area contributed by atoms with E-state index in [4.69, 9.17) is 8.83 Å². The van der Waals surface area contributed by atoms with Gasteiger partial charge in [-0.1, -0.05) is 158 Å². The fraction of sp³-hybridized carbons (Fsp3) is 0. The van der Waals surface area contributed by atoms with Gasteiger partial charge < -0.3 is 8.83 Å². The van der Waals surface area contributed by atoms with Crippen LogP contribution < -0.4 is 0 Å². The highest BCUT2D eigenvalue weighted by Gasteiger charge is 2.20. The van der Waals surface area contributed by atoms with E-state index in [1.807, 2.05) is 12.1 Å². The topological polar surface area (TPSA) is 26.3 Å². The summed E-state index contributed by atoms with van der Waals surface area (Å²) in [6.07, 6.45) is 0. The first kappa shape index (κ1) is 29.4. The highest BCUT2D eigenvalue weighted by molar-refractivity contribution is 6.25. The Morgan fingerprint density at radius 1 is 0.259 bits per heavy atom. The highest BCUT2D eigenvalue weighted by atomic mass is 16.3. The summed E-state index contributed by atoms with van der Waals surface area (Å²) >= 11 is 0. The molecule has 2 nitrogen and oxygen atoms in total. The molecule has 0 bridgehead atoms. The van der Waals surface area contributed by atoms with E-state index in [1.165, 1.54) is 65.3 Å². The van der Waals surface area contributed by atoms with Gasteiger partial charge in [0.1, 0.15) is 22.3 Å². The summed E-state index contributed by atoms with van der Waals surface area (Å²) in [5, 5.41) is 14.3. The molecule has 0 N–H and O–H groups in total. The lowest BCUT2D eigenvalue weighted by Crippen LogP contribution is -1.91. The molecule has 0 fully saturated rings. The third-order valence-electron chi connectivity index (χ3n) is 11.5. The van der Waals surface area contributed by atoms with Gasteiger partial charge in [0, 0.05) is 21.5 Å². The molecule has 0 saturated heterocycles. The van der Waals surface area contributed by atoms with E-state index in [0.717, 1.165) is 55.0 Å². The Morgan fingerprint density at radius 3 is 1.52 bits per heavy atom. The van der Waals surface area contributed by atoms with Crippen LogP contribution in [0.3, 0.4) is 0 Å². The number of para-hydroxylation sites is 1. The summed E-state index contributed by atoms with van der Waals surface area (Å²) in [7, 11) is 0. The summed E-state index contributed by atoms with van der Waals surface area (Å²) in [6.45, 7) is 0. The SMILES string of the molecule is c1ccc2c(-c3c4ccccc4c(-c4ccc(-c5cc6oc7cc8c(cc7c6c6ccccc56)oc5ccccc58)cc4)c4ccccc34)cccc2c1. The number of furan rings is 2. The van der Waals surface area contributed by atoms with Gasteiger partial charge in [-0.3, -0.25) is 0 Å². The highest BCUT2D eigenvalue weighted by Crippen LogP contribution is 2.47. The van der Waals surface area contributed by atoms with Crippen molar-refractivity contribution >= 4 is 87.0 Å². The van der Waals surface area contributed by atoms with Crippen molar-refractivity contribution in [1.82, 2.24) is 0 Å². The fourth-order valence-corrected chi connectivity index (χ4v) is 9.09. The Hall–Kier alpha value is -7.16. The van der Waals surface area contributed by atoms with E-state index in [9.17, 15) is 0 Å². The molecule has 0 unspecified atom stereocenters. The molecule has 54 heavy (non-hydrogen) atoms. The molecular formula is C52H30O2. The van der Waals surface area contributed by atoms with E-state index in [0.29, 0.717) is 0 Å². The molecule has 2 heteroatoms. The van der Waals surface area contributed by atoms with E-state index in [1.54, 1.807) is 0 Å². The van der Waals surface area contributed by atoms with Crippen molar-refractivity contribution in [3.8, 4) is 33.4 Å². The molecule has 2 aromatic heterocycles. The van der Waals surface area contributed by atoms with Crippen LogP contribution in [0.1, 0.15) is 0 Å². The van der Waals surface area contributed by atoms with Crippen molar-refractivity contribution in [2.75, 3.05) is 0 Å². The Balaban J connectivity index is 1.05. The number of fused-ring (bicyclic) bond motifs is 11. The molecular weight excluding hydrogens is 657 g/mol. The zero-order chi connectivity index (χ0) is 35.3. The standard InChI is InChI=1S/C52H30O2/c1-2-14-34-31(12-1)13-11-22-37(34)51-41-20-7-5-18-39(41)50(40-19-6-8-21-42(40)51)33-26-24-32(25-27-33)43-28-49-52(38-17-4-3-15-35(38)43)45-30-47-44(29-48(45)54-49)36-16-9-10-23-46(36)53-47/h1-30H. The molecule has 0 spiro atoms. The van der Waals surface area contributed by atoms with E-state index in [2.05, 4.69) is 170 Å². The lowest BCUT2D eigenvalue weighted by molar-refractivity contribution is 0.664. The lowest BCUT2D eigenvalue weighted by atomic mass is 9.84. The maximum Gasteiger partial charge on any atom is 0.136 e. The van der Waals surface area contributed by atoms with Crippen LogP contribution >= 0.6 is 0 Å². The van der Waals surface area contributed by atoms with E-state index in [-0.39, 0.29) is 0 Å². The minimum Gasteiger partial charge on any atom is -0.456 e. The molecule has 250 valence electrons. The van der Waals surface area contributed by atoms with Crippen LogP contribution in [0.4, 0.5) is 0 Å². The molecule has 0 aliphatic carbocycles. The van der Waals surface area contributed by atoms with Gasteiger partial charge in [-0.15, -0.1) is 0 Å². The van der Waals surface area contributed by atoms with Crippen molar-refractivity contribution in [2.24, 2.45) is 0 Å². The van der Waals surface area contributed by atoms with Gasteiger partial charge in [-0.05, 0) is 101 Å². The van der Waals surface area contributed by atoms with Crippen LogP contribution in [0, 0.1) is 0 Å². The Kier molecular flexibility index (Phi) is 6.09. The quantitative estimate of drug-likeness (QED) is 0.173. The largest absolute Gasteiger partial charge is 0.456 e. The van der Waals surface area contributed by atoms with Gasteiger partial charge in [-0.25, -0.2) is 0 Å². The average molecular weight is 687 g/mol. The van der Waals surface area contributed by atoms with Crippen LogP contribution in [0.5, 0.6) is 0 Å². The average Bonchev–Trinajstić information content (AvgIpc) is 3.78. The first-order chi connectivity index (χ1) is 26.8. The summed E-state index contributed by atoms with van der Waals surface area (Å²) in [5.74, 6) is 0. The third kappa shape index (κ3) is 4.17. The Morgan fingerprint density at radius 2 is 0.778 bits per heavy atom. The maximum atomic E-state index is 6.67. The molecule has 0 atom stereocenters. The summed E-state index contributed by atoms with van der Waals surface area (Å²) in [5.41, 5.74) is 10.8. The minimum absolute atomic E-state index is 0.868. The van der Waals surface area contributed by atoms with Crippen LogP contribution in [0.25, 0.3) is 120 Å². The van der Waals surface area contributed by atoms with E-state index < -0.39 is 0 Å². The zero-order valence-corrected chi connectivity index (χ0v) is 29.1. The summed E-state index contributed by atoms with van der Waals surface area (Å²) in [4.78, 5) is 0. The van der Waals surface area contributed by atoms with Crippen molar-refractivity contribution in [2.45, 2.75) is 0 Å². The Bertz CT molecular complexity index is 3430. The number of hydrogen-bond acceptors (Lipinski definition) is 2. The fourth-order valence-electron chi connectivity index (χ4n) is 9.09. The van der Waals surface area contributed by atoms with Crippen molar-refractivity contribution in [1.29, 1.82) is 0 Å². The molecule has 0 saturated carbocycles. The molecule has 0 radical (unpaired) electrons. The first-order valence-electron chi connectivity index (χ1n) is 18.5. The van der Waals surface area contributed by atoms with Crippen molar-refractivity contribution in [3.05, 3.63) is 182 Å². The normalized spacial score (nSPS) is 12.1. The second-order valence-corrected chi connectivity index (χ2v) is 14.3. The maximum absolute atomic E-state index is 6.67. The molecule has 12 aromatic rings. The Labute approximate surface area is 310 Å². The third-order valence-corrected chi connectivity index (χ3v) is 11.5. The van der Waals surface area contributed by atoms with Gasteiger partial charge in [0.2, 0.25) is 0 Å². The van der Waals surface area contributed by atoms with Crippen LogP contribution in [-0.4, -0.2) is 0 Å². The van der Waals surface area contributed by atoms with Crippen molar-refractivity contribution in [3.63, 3.8) is 0 Å². The van der Waals surface area contributed by atoms with Gasteiger partial charge >= 0.3 is 0 Å². The minimum atomic E-state index is 0.868. The van der Waals surface area contributed by atoms with Crippen LogP contribution in [0.2, 0.25) is 0 Å². The van der Waals surface area contributed by atoms with Crippen LogP contribution in [-0.2, 0) is 0 Å². The molecule has 2 heterocycles. The predicted octanol–water partition coefficient (Wildman–Crippen LogP) is 15.1. The number of benzene rings is 10. The molecule has 0 aliphatic heterocycles. The molecule has 10 aromatic carbocycles. The molecule has 12 rings (SSSR count). The van der Waals surface area contributed by atoms with Gasteiger partial charge in [-0.2, -0.15) is 0 Å². The number of hydrogen-bond donors (Lipinski definition) is 0. The van der Waals surface area contributed by atoms with Gasteiger partial charge in [0.25, 0.3) is 0 Å². The second kappa shape index (κ2) is 11.2. The summed E-state index contributed by atoms with van der Waals surface area (Å²) in [6, 6.07) is 65.6. The van der Waals surface area contributed by atoms with Gasteiger partial charge in [0.05, 0.1) is 0 Å². The predicted molar refractivity (Wildman–Crippen MR) is 227 cm³/mol. The molecule has 0 amide bonds. The van der Waals surface area contributed by atoms with Crippen molar-refractivity contribution < 1.29 is 8.83 Å². The lowest BCUT2D eigenvalue weighted by Gasteiger charge is -2.19. The second-order valence-electron chi connectivity index (χ2n) is 14.3. The smallest absolute Gasteiger partial charge is 0.136 e. The summed E-state index contributed by atoms with van der Waals surface area (Å²) < 4.78 is 13.0. The monoisotopic (exact) mass is 686 g/mol. The van der Waals surface area contributed by atoms with Gasteiger partial charge in [0.15, 0.2) is 0 Å². The zero-order valence-electron chi connectivity index (χ0n) is 29.1. The number of rotatable bonds is 3. The first-order valence-corrected chi connectivity index (χ1v) is 18.5.